The fourth-order valence-corrected chi connectivity index (χ4v) is 4.40. The number of ether oxygens (including phenoxy) is 1. The summed E-state index contributed by atoms with van der Waals surface area (Å²) in [5.41, 5.74) is 2.07. The van der Waals surface area contributed by atoms with Crippen molar-refractivity contribution in [2.24, 2.45) is 5.92 Å². The predicted octanol–water partition coefficient (Wildman–Crippen LogP) is 4.80. The number of amides is 3. The molecule has 0 aromatic heterocycles. The molecule has 0 saturated heterocycles. The van der Waals surface area contributed by atoms with Gasteiger partial charge in [-0.2, -0.15) is 0 Å². The highest BCUT2D eigenvalue weighted by Gasteiger charge is 2.36. The van der Waals surface area contributed by atoms with E-state index in [2.05, 4.69) is 10.6 Å². The van der Waals surface area contributed by atoms with Gasteiger partial charge in [0.25, 0.3) is 0 Å². The molecule has 2 unspecified atom stereocenters. The van der Waals surface area contributed by atoms with Gasteiger partial charge in [-0.05, 0) is 64.5 Å². The van der Waals surface area contributed by atoms with Crippen molar-refractivity contribution in [2.45, 2.75) is 104 Å². The summed E-state index contributed by atoms with van der Waals surface area (Å²) in [6.45, 7) is 13.0. The normalized spacial score (nSPS) is 16.5. The van der Waals surface area contributed by atoms with Crippen molar-refractivity contribution < 1.29 is 19.1 Å². The van der Waals surface area contributed by atoms with Crippen molar-refractivity contribution in [3.8, 4) is 0 Å². The molecule has 0 heterocycles. The molecule has 2 atom stereocenters. The lowest BCUT2D eigenvalue weighted by molar-refractivity contribution is -0.142. The van der Waals surface area contributed by atoms with Crippen LogP contribution in [0.1, 0.15) is 89.5 Å². The van der Waals surface area contributed by atoms with E-state index in [1.54, 1.807) is 27.8 Å². The predicted molar refractivity (Wildman–Crippen MR) is 134 cm³/mol. The van der Waals surface area contributed by atoms with E-state index in [4.69, 9.17) is 4.74 Å². The first-order chi connectivity index (χ1) is 15.8. The summed E-state index contributed by atoms with van der Waals surface area (Å²) in [6, 6.07) is 4.44. The zero-order chi connectivity index (χ0) is 25.6. The molecular formula is C27H43N3O4. The van der Waals surface area contributed by atoms with Gasteiger partial charge in [0.15, 0.2) is 0 Å². The summed E-state index contributed by atoms with van der Waals surface area (Å²) in [4.78, 5) is 41.2. The van der Waals surface area contributed by atoms with Crippen LogP contribution in [-0.2, 0) is 14.3 Å². The highest BCUT2D eigenvalue weighted by Crippen LogP contribution is 2.27. The van der Waals surface area contributed by atoms with Gasteiger partial charge in [0.05, 0.1) is 0 Å². The number of benzene rings is 1. The van der Waals surface area contributed by atoms with Gasteiger partial charge in [-0.25, -0.2) is 4.79 Å². The number of hydrogen-bond acceptors (Lipinski definition) is 4. The van der Waals surface area contributed by atoms with Crippen molar-refractivity contribution >= 4 is 17.9 Å². The topological polar surface area (TPSA) is 87.7 Å². The molecule has 2 rings (SSSR count). The molecule has 7 nitrogen and oxygen atoms in total. The summed E-state index contributed by atoms with van der Waals surface area (Å²) < 4.78 is 5.38. The molecule has 1 aromatic rings. The second kappa shape index (κ2) is 11.7. The number of likely N-dealkylation sites (N-methyl/N-ethyl adjacent to an activating group) is 1. The van der Waals surface area contributed by atoms with Gasteiger partial charge in [0.2, 0.25) is 11.8 Å². The summed E-state index contributed by atoms with van der Waals surface area (Å²) >= 11 is 0. The molecule has 1 aliphatic rings. The Hall–Kier alpha value is -2.57. The van der Waals surface area contributed by atoms with E-state index in [0.29, 0.717) is 0 Å². The van der Waals surface area contributed by atoms with Gasteiger partial charge in [-0.15, -0.1) is 0 Å². The molecule has 190 valence electrons. The van der Waals surface area contributed by atoms with E-state index < -0.39 is 23.8 Å². The van der Waals surface area contributed by atoms with E-state index in [1.165, 1.54) is 11.3 Å². The van der Waals surface area contributed by atoms with Crippen molar-refractivity contribution in [1.82, 2.24) is 15.5 Å². The number of alkyl carbamates (subject to hydrolysis) is 1. The Morgan fingerprint density at radius 1 is 1.06 bits per heavy atom. The van der Waals surface area contributed by atoms with Crippen LogP contribution in [0.15, 0.2) is 18.2 Å². The maximum atomic E-state index is 13.7. The van der Waals surface area contributed by atoms with Gasteiger partial charge in [-0.1, -0.05) is 56.9 Å². The monoisotopic (exact) mass is 473 g/mol. The molecule has 34 heavy (non-hydrogen) atoms. The number of carbonyl (C=O) groups excluding carboxylic acids is 3. The average molecular weight is 474 g/mol. The molecule has 0 aliphatic heterocycles. The molecule has 3 amide bonds. The zero-order valence-corrected chi connectivity index (χ0v) is 22.2. The van der Waals surface area contributed by atoms with Gasteiger partial charge in [0, 0.05) is 13.1 Å². The van der Waals surface area contributed by atoms with Crippen LogP contribution in [0.3, 0.4) is 0 Å². The summed E-state index contributed by atoms with van der Waals surface area (Å²) in [5, 5.41) is 5.92. The third kappa shape index (κ3) is 7.74. The van der Waals surface area contributed by atoms with Crippen LogP contribution in [0, 0.1) is 19.8 Å². The summed E-state index contributed by atoms with van der Waals surface area (Å²) in [7, 11) is 1.64. The largest absolute Gasteiger partial charge is 0.444 e. The number of nitrogens with zero attached hydrogens (tertiary/aromatic N) is 1. The number of hydrogen-bond donors (Lipinski definition) is 2. The van der Waals surface area contributed by atoms with Crippen LogP contribution in [0.2, 0.25) is 0 Å². The van der Waals surface area contributed by atoms with Crippen molar-refractivity contribution in [2.75, 3.05) is 7.05 Å². The van der Waals surface area contributed by atoms with Gasteiger partial charge in [-0.3, -0.25) is 9.59 Å². The first kappa shape index (κ1) is 27.7. The van der Waals surface area contributed by atoms with E-state index in [-0.39, 0.29) is 23.8 Å². The van der Waals surface area contributed by atoms with Crippen LogP contribution >= 0.6 is 0 Å². The molecule has 0 bridgehead atoms. The zero-order valence-electron chi connectivity index (χ0n) is 22.2. The molecule has 0 spiro atoms. The minimum Gasteiger partial charge on any atom is -0.444 e. The molecule has 7 heteroatoms. The summed E-state index contributed by atoms with van der Waals surface area (Å²) in [6.07, 6.45) is 4.65. The maximum absolute atomic E-state index is 13.7. The summed E-state index contributed by atoms with van der Waals surface area (Å²) in [5.74, 6) is -0.704. The molecule has 2 N–H and O–H groups in total. The highest BCUT2D eigenvalue weighted by molar-refractivity contribution is 5.92. The lowest BCUT2D eigenvalue weighted by atomic mass is 9.93. The smallest absolute Gasteiger partial charge is 0.408 e. The minimum atomic E-state index is -0.824. The van der Waals surface area contributed by atoms with Crippen molar-refractivity contribution in [3.05, 3.63) is 34.9 Å². The molecule has 1 fully saturated rings. The Morgan fingerprint density at radius 2 is 1.68 bits per heavy atom. The van der Waals surface area contributed by atoms with E-state index >= 15 is 0 Å². The first-order valence-electron chi connectivity index (χ1n) is 12.4. The maximum Gasteiger partial charge on any atom is 0.408 e. The number of nitrogens with one attached hydrogen (secondary N) is 2. The van der Waals surface area contributed by atoms with Crippen LogP contribution < -0.4 is 10.6 Å². The second-order valence-corrected chi connectivity index (χ2v) is 10.9. The molecule has 1 saturated carbocycles. The molecule has 1 aliphatic carbocycles. The Morgan fingerprint density at radius 3 is 2.24 bits per heavy atom. The third-order valence-corrected chi connectivity index (χ3v) is 6.27. The lowest BCUT2D eigenvalue weighted by Gasteiger charge is -2.35. The number of aryl methyl sites for hydroxylation is 2. The van der Waals surface area contributed by atoms with Crippen LogP contribution in [0.5, 0.6) is 0 Å². The van der Waals surface area contributed by atoms with Gasteiger partial charge in [0.1, 0.15) is 17.7 Å². The van der Waals surface area contributed by atoms with E-state index in [9.17, 15) is 14.4 Å². The van der Waals surface area contributed by atoms with Crippen molar-refractivity contribution in [3.63, 3.8) is 0 Å². The third-order valence-electron chi connectivity index (χ3n) is 6.27. The molecular weight excluding hydrogens is 430 g/mol. The van der Waals surface area contributed by atoms with Crippen LogP contribution in [-0.4, -0.2) is 47.5 Å². The Kier molecular flexibility index (Phi) is 9.54. The lowest BCUT2D eigenvalue weighted by Crippen LogP contribution is -2.54. The number of carbonyl (C=O) groups is 3. The standard InChI is InChI=1S/C27H43N3O4/c1-17(2)22(29-26(33)34-27(5,6)7)25(32)30(8)23(21-16-18(3)14-15-19(21)4)24(31)28-20-12-10-9-11-13-20/h14-17,20,22-23H,9-13H2,1-8H3,(H,28,31)(H,29,33). The fourth-order valence-electron chi connectivity index (χ4n) is 4.40. The Labute approximate surface area is 205 Å². The van der Waals surface area contributed by atoms with E-state index in [1.807, 2.05) is 45.9 Å². The SMILES string of the molecule is Cc1ccc(C)c(C(C(=O)NC2CCCCC2)N(C)C(=O)C(NC(=O)OC(C)(C)C)C(C)C)c1. The Bertz CT molecular complexity index is 869. The van der Waals surface area contributed by atoms with Crippen LogP contribution in [0.25, 0.3) is 0 Å². The molecule has 1 aromatic carbocycles. The quantitative estimate of drug-likeness (QED) is 0.595. The first-order valence-corrected chi connectivity index (χ1v) is 12.4. The van der Waals surface area contributed by atoms with E-state index in [0.717, 1.165) is 42.4 Å². The molecule has 0 radical (unpaired) electrons. The van der Waals surface area contributed by atoms with Gasteiger partial charge >= 0.3 is 6.09 Å². The average Bonchev–Trinajstić information content (AvgIpc) is 2.73. The highest BCUT2D eigenvalue weighted by atomic mass is 16.6. The van der Waals surface area contributed by atoms with Crippen molar-refractivity contribution in [1.29, 1.82) is 0 Å². The fraction of sp³-hybridized carbons (Fsp3) is 0.667. The minimum absolute atomic E-state index is 0.123. The second-order valence-electron chi connectivity index (χ2n) is 10.9. The van der Waals surface area contributed by atoms with Gasteiger partial charge < -0.3 is 20.3 Å². The van der Waals surface area contributed by atoms with Crippen LogP contribution in [0.4, 0.5) is 4.79 Å². The number of rotatable bonds is 7. The Balaban J connectivity index is 2.35.